The van der Waals surface area contributed by atoms with Crippen LogP contribution in [0, 0.1) is 0 Å². The van der Waals surface area contributed by atoms with Gasteiger partial charge in [0.05, 0.1) is 0 Å². The van der Waals surface area contributed by atoms with Gasteiger partial charge >= 0.3 is 17.7 Å². The van der Waals surface area contributed by atoms with Gasteiger partial charge < -0.3 is 9.84 Å². The Bertz CT molecular complexity index is 373. The predicted molar refractivity (Wildman–Crippen MR) is 42.5 cm³/mol. The van der Waals surface area contributed by atoms with Crippen molar-refractivity contribution in [3.05, 3.63) is 24.5 Å². The molecule has 0 aliphatic carbocycles. The van der Waals surface area contributed by atoms with Crippen LogP contribution in [0.2, 0.25) is 0 Å². The average Bonchev–Trinajstić information content (AvgIpc) is 2.18. The second kappa shape index (κ2) is 4.13. The van der Waals surface area contributed by atoms with Crippen LogP contribution in [0.4, 0.5) is 0 Å². The summed E-state index contributed by atoms with van der Waals surface area (Å²) >= 11 is 0. The SMILES string of the molecule is O=C(O)C(=O)C(=O)Oc1ccncc1. The molecule has 0 amide bonds. The Morgan fingerprint density at radius 3 is 2.29 bits per heavy atom. The second-order valence-electron chi connectivity index (χ2n) is 2.21. The first-order valence-electron chi connectivity index (χ1n) is 3.50. The standard InChI is InChI=1S/C8H5NO5/c10-6(7(11)12)8(13)14-5-1-3-9-4-2-5/h1-4H,(H,11,12). The minimum atomic E-state index is -1.84. The first-order chi connectivity index (χ1) is 6.61. The Morgan fingerprint density at radius 1 is 1.21 bits per heavy atom. The molecule has 0 aromatic carbocycles. The highest BCUT2D eigenvalue weighted by molar-refractivity contribution is 6.60. The monoisotopic (exact) mass is 195 g/mol. The van der Waals surface area contributed by atoms with Gasteiger partial charge in [-0.15, -0.1) is 0 Å². The molecule has 0 fully saturated rings. The van der Waals surface area contributed by atoms with E-state index in [-0.39, 0.29) is 5.75 Å². The van der Waals surface area contributed by atoms with Crippen LogP contribution < -0.4 is 4.74 Å². The molecule has 0 bridgehead atoms. The van der Waals surface area contributed by atoms with Crippen LogP contribution in [0.1, 0.15) is 0 Å². The Labute approximate surface area is 78.1 Å². The van der Waals surface area contributed by atoms with Crippen LogP contribution in [0.3, 0.4) is 0 Å². The third-order valence-electron chi connectivity index (χ3n) is 1.24. The fourth-order valence-electron chi connectivity index (χ4n) is 0.647. The summed E-state index contributed by atoms with van der Waals surface area (Å²) < 4.78 is 4.43. The molecule has 0 unspecified atom stereocenters. The minimum Gasteiger partial charge on any atom is -0.475 e. The molecule has 0 saturated heterocycles. The van der Waals surface area contributed by atoms with Crippen LogP contribution in [0.25, 0.3) is 0 Å². The molecule has 0 spiro atoms. The van der Waals surface area contributed by atoms with Crippen molar-refractivity contribution in [2.24, 2.45) is 0 Å². The molecule has 1 heterocycles. The lowest BCUT2D eigenvalue weighted by Gasteiger charge is -1.99. The van der Waals surface area contributed by atoms with E-state index in [9.17, 15) is 14.4 Å². The number of rotatable bonds is 3. The van der Waals surface area contributed by atoms with Crippen molar-refractivity contribution >= 4 is 17.7 Å². The van der Waals surface area contributed by atoms with Gasteiger partial charge in [-0.3, -0.25) is 9.78 Å². The molecular weight excluding hydrogens is 190 g/mol. The highest BCUT2D eigenvalue weighted by Crippen LogP contribution is 2.06. The van der Waals surface area contributed by atoms with Gasteiger partial charge in [0, 0.05) is 12.4 Å². The largest absolute Gasteiger partial charge is 0.475 e. The van der Waals surface area contributed by atoms with Crippen LogP contribution in [-0.2, 0) is 14.4 Å². The van der Waals surface area contributed by atoms with Crippen LogP contribution in [0.15, 0.2) is 24.5 Å². The fraction of sp³-hybridized carbons (Fsp3) is 0. The first-order valence-corrected chi connectivity index (χ1v) is 3.50. The van der Waals surface area contributed by atoms with Gasteiger partial charge in [0.2, 0.25) is 0 Å². The molecule has 0 saturated carbocycles. The van der Waals surface area contributed by atoms with E-state index in [2.05, 4.69) is 9.72 Å². The van der Waals surface area contributed by atoms with Crippen LogP contribution in [0.5, 0.6) is 5.75 Å². The molecule has 1 N–H and O–H groups in total. The van der Waals surface area contributed by atoms with Crippen molar-refractivity contribution in [2.45, 2.75) is 0 Å². The zero-order chi connectivity index (χ0) is 10.6. The van der Waals surface area contributed by atoms with Crippen LogP contribution >= 0.6 is 0 Å². The molecule has 0 aliphatic rings. The summed E-state index contributed by atoms with van der Waals surface area (Å²) in [5, 5.41) is 8.17. The highest BCUT2D eigenvalue weighted by atomic mass is 16.5. The van der Waals surface area contributed by atoms with E-state index in [1.807, 2.05) is 0 Å². The normalized spacial score (nSPS) is 9.14. The van der Waals surface area contributed by atoms with Crippen molar-refractivity contribution in [1.29, 1.82) is 0 Å². The average molecular weight is 195 g/mol. The fourth-order valence-corrected chi connectivity index (χ4v) is 0.647. The summed E-state index contributed by atoms with van der Waals surface area (Å²) in [5.74, 6) is -4.81. The van der Waals surface area contributed by atoms with Gasteiger partial charge in [0.15, 0.2) is 0 Å². The predicted octanol–water partition coefficient (Wildman–Crippen LogP) is -0.359. The van der Waals surface area contributed by atoms with Gasteiger partial charge in [-0.25, -0.2) is 9.59 Å². The van der Waals surface area contributed by atoms with E-state index in [0.29, 0.717) is 0 Å². The summed E-state index contributed by atoms with van der Waals surface area (Å²) in [7, 11) is 0. The number of aliphatic carboxylic acids is 1. The maximum absolute atomic E-state index is 10.8. The molecule has 14 heavy (non-hydrogen) atoms. The number of Topliss-reactive ketones (excluding diaryl/α,β-unsaturated/α-hetero) is 1. The number of carboxylic acids is 1. The summed E-state index contributed by atoms with van der Waals surface area (Å²) in [6, 6.07) is 2.65. The highest BCUT2D eigenvalue weighted by Gasteiger charge is 2.23. The lowest BCUT2D eigenvalue weighted by Crippen LogP contribution is -2.27. The molecule has 72 valence electrons. The third kappa shape index (κ3) is 2.37. The Morgan fingerprint density at radius 2 is 1.79 bits per heavy atom. The van der Waals surface area contributed by atoms with Crippen molar-refractivity contribution in [3.8, 4) is 5.75 Å². The number of nitrogens with zero attached hydrogens (tertiary/aromatic N) is 1. The first kappa shape index (κ1) is 9.85. The van der Waals surface area contributed by atoms with E-state index in [1.54, 1.807) is 0 Å². The van der Waals surface area contributed by atoms with E-state index in [1.165, 1.54) is 24.5 Å². The zero-order valence-corrected chi connectivity index (χ0v) is 6.84. The maximum atomic E-state index is 10.8. The number of carboxylic acid groups (broad SMARTS) is 1. The number of ketones is 1. The minimum absolute atomic E-state index is 0.0691. The Kier molecular flexibility index (Phi) is 2.90. The molecular formula is C8H5NO5. The second-order valence-corrected chi connectivity index (χ2v) is 2.21. The summed E-state index contributed by atoms with van der Waals surface area (Å²) in [5.41, 5.74) is 0. The van der Waals surface area contributed by atoms with Crippen molar-refractivity contribution in [2.75, 3.05) is 0 Å². The molecule has 6 heteroatoms. The Balaban J connectivity index is 2.67. The van der Waals surface area contributed by atoms with E-state index in [4.69, 9.17) is 5.11 Å². The molecule has 1 aromatic heterocycles. The molecule has 1 rings (SSSR count). The topological polar surface area (TPSA) is 93.6 Å². The lowest BCUT2D eigenvalue weighted by atomic mass is 10.4. The van der Waals surface area contributed by atoms with E-state index >= 15 is 0 Å². The van der Waals surface area contributed by atoms with Crippen molar-refractivity contribution in [3.63, 3.8) is 0 Å². The molecule has 0 atom stereocenters. The van der Waals surface area contributed by atoms with E-state index < -0.39 is 17.7 Å². The molecule has 0 radical (unpaired) electrons. The smallest absolute Gasteiger partial charge is 0.392 e. The summed E-state index contributed by atoms with van der Waals surface area (Å²) in [6.07, 6.45) is 2.68. The van der Waals surface area contributed by atoms with Gasteiger partial charge in [-0.05, 0) is 12.1 Å². The lowest BCUT2D eigenvalue weighted by molar-refractivity contribution is -0.157. The van der Waals surface area contributed by atoms with Gasteiger partial charge in [-0.1, -0.05) is 0 Å². The zero-order valence-electron chi connectivity index (χ0n) is 6.84. The van der Waals surface area contributed by atoms with E-state index in [0.717, 1.165) is 0 Å². The van der Waals surface area contributed by atoms with Crippen molar-refractivity contribution < 1.29 is 24.2 Å². The molecule has 6 nitrogen and oxygen atoms in total. The van der Waals surface area contributed by atoms with Gasteiger partial charge in [0.1, 0.15) is 5.75 Å². The maximum Gasteiger partial charge on any atom is 0.392 e. The number of esters is 1. The summed E-state index contributed by atoms with van der Waals surface area (Å²) in [4.78, 5) is 35.0. The van der Waals surface area contributed by atoms with Gasteiger partial charge in [-0.2, -0.15) is 0 Å². The number of aromatic nitrogens is 1. The number of hydrogen-bond acceptors (Lipinski definition) is 5. The van der Waals surface area contributed by atoms with Crippen molar-refractivity contribution in [1.82, 2.24) is 4.98 Å². The third-order valence-corrected chi connectivity index (χ3v) is 1.24. The number of hydrogen-bond donors (Lipinski definition) is 1. The van der Waals surface area contributed by atoms with Crippen LogP contribution in [-0.4, -0.2) is 27.8 Å². The number of pyridine rings is 1. The molecule has 0 aliphatic heterocycles. The summed E-state index contributed by atoms with van der Waals surface area (Å²) in [6.45, 7) is 0. The van der Waals surface area contributed by atoms with Gasteiger partial charge in [0.25, 0.3) is 0 Å². The quantitative estimate of drug-likeness (QED) is 0.402. The number of carbonyl (C=O) groups is 3. The number of carbonyl (C=O) groups excluding carboxylic acids is 2. The molecule has 1 aromatic rings. The number of ether oxygens (including phenoxy) is 1. The Hall–Kier alpha value is -2.24.